The van der Waals surface area contributed by atoms with Gasteiger partial charge in [-0.1, -0.05) is 11.6 Å². The van der Waals surface area contributed by atoms with E-state index in [0.29, 0.717) is 6.10 Å². The summed E-state index contributed by atoms with van der Waals surface area (Å²) in [5.41, 5.74) is 1.31. The summed E-state index contributed by atoms with van der Waals surface area (Å²) < 4.78 is 11.4. The second kappa shape index (κ2) is 4.08. The van der Waals surface area contributed by atoms with E-state index in [-0.39, 0.29) is 23.7 Å². The van der Waals surface area contributed by atoms with E-state index in [1.54, 1.807) is 0 Å². The first-order chi connectivity index (χ1) is 8.12. The maximum absolute atomic E-state index is 10.2. The molecular formula is C14H22O3. The minimum absolute atomic E-state index is 0.0257. The topological polar surface area (TPSA) is 45.3 Å². The van der Waals surface area contributed by atoms with E-state index in [1.165, 1.54) is 5.57 Å². The minimum atomic E-state index is -0.229. The number of aliphatic hydroxyl groups is 1. The van der Waals surface area contributed by atoms with Crippen LogP contribution in [0.1, 0.15) is 39.5 Å². The number of hydrogen-bond acceptors (Lipinski definition) is 3. The molecule has 2 aliphatic heterocycles. The first-order valence-electron chi connectivity index (χ1n) is 6.73. The van der Waals surface area contributed by atoms with Crippen molar-refractivity contribution in [3.8, 4) is 0 Å². The SMILES string of the molecule is CC(C)=CC[C@H]1O[C@@H]1C1[C@H](O)CCC[C@]12CO2. The highest BCUT2D eigenvalue weighted by atomic mass is 16.6. The third kappa shape index (κ3) is 2.16. The molecule has 3 aliphatic rings. The monoisotopic (exact) mass is 238 g/mol. The lowest BCUT2D eigenvalue weighted by Gasteiger charge is -2.32. The molecule has 1 unspecified atom stereocenters. The summed E-state index contributed by atoms with van der Waals surface area (Å²) >= 11 is 0. The van der Waals surface area contributed by atoms with Crippen molar-refractivity contribution in [3.63, 3.8) is 0 Å². The van der Waals surface area contributed by atoms with Crippen LogP contribution in [0.4, 0.5) is 0 Å². The lowest BCUT2D eigenvalue weighted by molar-refractivity contribution is -0.000305. The van der Waals surface area contributed by atoms with Gasteiger partial charge in [-0.2, -0.15) is 0 Å². The second-order valence-corrected chi connectivity index (χ2v) is 6.00. The fourth-order valence-corrected chi connectivity index (χ4v) is 3.27. The molecule has 3 rings (SSSR count). The summed E-state index contributed by atoms with van der Waals surface area (Å²) in [4.78, 5) is 0. The maximum atomic E-state index is 10.2. The van der Waals surface area contributed by atoms with E-state index >= 15 is 0 Å². The molecule has 5 atom stereocenters. The highest BCUT2D eigenvalue weighted by Crippen LogP contribution is 2.52. The fraction of sp³-hybridized carbons (Fsp3) is 0.857. The Morgan fingerprint density at radius 2 is 2.24 bits per heavy atom. The number of ether oxygens (including phenoxy) is 2. The zero-order valence-corrected chi connectivity index (χ0v) is 10.7. The molecule has 0 aromatic heterocycles. The Morgan fingerprint density at radius 1 is 1.47 bits per heavy atom. The van der Waals surface area contributed by atoms with Gasteiger partial charge in [0.2, 0.25) is 0 Å². The Morgan fingerprint density at radius 3 is 2.88 bits per heavy atom. The van der Waals surface area contributed by atoms with Gasteiger partial charge in [-0.3, -0.25) is 0 Å². The van der Waals surface area contributed by atoms with Crippen molar-refractivity contribution in [3.05, 3.63) is 11.6 Å². The molecule has 96 valence electrons. The number of rotatable bonds is 3. The average molecular weight is 238 g/mol. The first kappa shape index (κ1) is 11.7. The maximum Gasteiger partial charge on any atom is 0.0995 e. The van der Waals surface area contributed by atoms with Crippen LogP contribution in [0.3, 0.4) is 0 Å². The molecule has 1 saturated carbocycles. The van der Waals surface area contributed by atoms with Crippen molar-refractivity contribution in [2.45, 2.75) is 63.4 Å². The normalized spacial score (nSPS) is 47.9. The Kier molecular flexibility index (Phi) is 2.80. The van der Waals surface area contributed by atoms with E-state index < -0.39 is 0 Å². The van der Waals surface area contributed by atoms with Gasteiger partial charge in [-0.05, 0) is 39.5 Å². The van der Waals surface area contributed by atoms with Gasteiger partial charge in [0.25, 0.3) is 0 Å². The molecule has 2 saturated heterocycles. The lowest BCUT2D eigenvalue weighted by Crippen LogP contribution is -2.43. The summed E-state index contributed by atoms with van der Waals surface area (Å²) in [6, 6.07) is 0. The van der Waals surface area contributed by atoms with Crippen molar-refractivity contribution in [2.24, 2.45) is 5.92 Å². The van der Waals surface area contributed by atoms with Gasteiger partial charge in [-0.25, -0.2) is 0 Å². The third-order valence-electron chi connectivity index (χ3n) is 4.37. The van der Waals surface area contributed by atoms with E-state index in [2.05, 4.69) is 19.9 Å². The first-order valence-corrected chi connectivity index (χ1v) is 6.73. The van der Waals surface area contributed by atoms with Crippen LogP contribution in [0.25, 0.3) is 0 Å². The third-order valence-corrected chi connectivity index (χ3v) is 4.37. The fourth-order valence-electron chi connectivity index (χ4n) is 3.27. The van der Waals surface area contributed by atoms with Gasteiger partial charge in [0.05, 0.1) is 30.5 Å². The van der Waals surface area contributed by atoms with Crippen LogP contribution in [0.5, 0.6) is 0 Å². The van der Waals surface area contributed by atoms with Gasteiger partial charge < -0.3 is 14.6 Å². The summed E-state index contributed by atoms with van der Waals surface area (Å²) in [7, 11) is 0. The highest BCUT2D eigenvalue weighted by molar-refractivity contribution is 5.12. The van der Waals surface area contributed by atoms with Crippen LogP contribution in [-0.2, 0) is 9.47 Å². The number of allylic oxidation sites excluding steroid dienone is 1. The van der Waals surface area contributed by atoms with Crippen LogP contribution in [0, 0.1) is 5.92 Å². The van der Waals surface area contributed by atoms with Gasteiger partial charge >= 0.3 is 0 Å². The number of hydrogen-bond donors (Lipinski definition) is 1. The minimum Gasteiger partial charge on any atom is -0.393 e. The average Bonchev–Trinajstić information content (AvgIpc) is 3.15. The lowest BCUT2D eigenvalue weighted by atomic mass is 9.74. The zero-order chi connectivity index (χ0) is 12.0. The molecule has 3 heteroatoms. The molecular weight excluding hydrogens is 216 g/mol. The predicted octanol–water partition coefficient (Wildman–Crippen LogP) is 2.04. The molecule has 1 spiro atoms. The van der Waals surface area contributed by atoms with Crippen molar-refractivity contribution >= 4 is 0 Å². The molecule has 17 heavy (non-hydrogen) atoms. The van der Waals surface area contributed by atoms with Gasteiger partial charge in [0.15, 0.2) is 0 Å². The zero-order valence-electron chi connectivity index (χ0n) is 10.7. The Labute approximate surface area is 103 Å². The Hall–Kier alpha value is -0.380. The van der Waals surface area contributed by atoms with Crippen LogP contribution in [-0.4, -0.2) is 35.6 Å². The molecule has 0 bridgehead atoms. The summed E-state index contributed by atoms with van der Waals surface area (Å²) in [6.07, 6.45) is 6.60. The molecule has 0 aromatic rings. The van der Waals surface area contributed by atoms with Crippen molar-refractivity contribution in [1.29, 1.82) is 0 Å². The molecule has 0 amide bonds. The van der Waals surface area contributed by atoms with Crippen molar-refractivity contribution in [2.75, 3.05) is 6.61 Å². The quantitative estimate of drug-likeness (QED) is 0.604. The molecule has 3 nitrogen and oxygen atoms in total. The van der Waals surface area contributed by atoms with Crippen LogP contribution in [0.2, 0.25) is 0 Å². The van der Waals surface area contributed by atoms with Gasteiger partial charge in [0.1, 0.15) is 0 Å². The highest BCUT2D eigenvalue weighted by Gasteiger charge is 2.63. The smallest absolute Gasteiger partial charge is 0.0995 e. The van der Waals surface area contributed by atoms with Gasteiger partial charge in [-0.15, -0.1) is 0 Å². The second-order valence-electron chi connectivity index (χ2n) is 6.00. The number of aliphatic hydroxyl groups excluding tert-OH is 1. The van der Waals surface area contributed by atoms with E-state index in [4.69, 9.17) is 9.47 Å². The van der Waals surface area contributed by atoms with E-state index in [9.17, 15) is 5.11 Å². The predicted molar refractivity (Wildman–Crippen MR) is 64.7 cm³/mol. The van der Waals surface area contributed by atoms with Crippen molar-refractivity contribution < 1.29 is 14.6 Å². The summed E-state index contributed by atoms with van der Waals surface area (Å²) in [5.74, 6) is 0.215. The van der Waals surface area contributed by atoms with E-state index in [1.807, 2.05) is 0 Å². The molecule has 1 aliphatic carbocycles. The molecule has 3 fully saturated rings. The summed E-state index contributed by atoms with van der Waals surface area (Å²) in [6.45, 7) is 5.04. The standard InChI is InChI=1S/C14H22O3/c1-9(2)5-6-11-13(17-11)12-10(15)4-3-7-14(12)8-16-14/h5,10-13,15H,3-4,6-8H2,1-2H3/t10-,11-,12?,13+,14+/m1/s1. The Bertz CT molecular complexity index is 328. The van der Waals surface area contributed by atoms with Crippen LogP contribution >= 0.6 is 0 Å². The van der Waals surface area contributed by atoms with Gasteiger partial charge in [0, 0.05) is 5.92 Å². The summed E-state index contributed by atoms with van der Waals surface area (Å²) in [5, 5.41) is 10.2. The molecule has 2 heterocycles. The number of epoxide rings is 2. The molecule has 0 aromatic carbocycles. The van der Waals surface area contributed by atoms with Crippen LogP contribution in [0.15, 0.2) is 11.6 Å². The van der Waals surface area contributed by atoms with Crippen molar-refractivity contribution in [1.82, 2.24) is 0 Å². The Balaban J connectivity index is 1.63. The molecule has 0 radical (unpaired) electrons. The van der Waals surface area contributed by atoms with E-state index in [0.717, 1.165) is 32.3 Å². The molecule has 1 N–H and O–H groups in total. The van der Waals surface area contributed by atoms with Crippen LogP contribution < -0.4 is 0 Å². The largest absolute Gasteiger partial charge is 0.393 e.